The Balaban J connectivity index is 2.25. The van der Waals surface area contributed by atoms with Crippen LogP contribution < -0.4 is 10.1 Å². The van der Waals surface area contributed by atoms with Crippen molar-refractivity contribution >= 4 is 11.8 Å². The van der Waals surface area contributed by atoms with Gasteiger partial charge in [-0.1, -0.05) is 65.0 Å². The Morgan fingerprint density at radius 2 is 1.72 bits per heavy atom. The van der Waals surface area contributed by atoms with E-state index in [9.17, 15) is 14.0 Å². The number of nitrogens with one attached hydrogen (secondary N) is 1. The average Bonchev–Trinajstić information content (AvgIpc) is 2.76. The van der Waals surface area contributed by atoms with E-state index in [-0.39, 0.29) is 36.2 Å². The maximum atomic E-state index is 13.4. The van der Waals surface area contributed by atoms with Crippen LogP contribution in [0.2, 0.25) is 0 Å². The number of nitrogens with zero attached hydrogens (tertiary/aromatic N) is 1. The maximum Gasteiger partial charge on any atom is 0.261 e. The van der Waals surface area contributed by atoms with Gasteiger partial charge in [0.15, 0.2) is 6.61 Å². The van der Waals surface area contributed by atoms with Crippen molar-refractivity contribution in [3.63, 3.8) is 0 Å². The van der Waals surface area contributed by atoms with Crippen LogP contribution in [0.1, 0.15) is 58.6 Å². The van der Waals surface area contributed by atoms with Crippen molar-refractivity contribution in [2.45, 2.75) is 65.5 Å². The Bertz CT molecular complexity index is 891. The minimum absolute atomic E-state index is 0.139. The van der Waals surface area contributed by atoms with E-state index in [4.69, 9.17) is 4.74 Å². The molecule has 0 aliphatic heterocycles. The van der Waals surface area contributed by atoms with Crippen LogP contribution in [0.5, 0.6) is 5.75 Å². The number of hydrogen-bond acceptors (Lipinski definition) is 3. The Kier molecular flexibility index (Phi) is 9.24. The van der Waals surface area contributed by atoms with Crippen molar-refractivity contribution in [3.8, 4) is 5.75 Å². The summed E-state index contributed by atoms with van der Waals surface area (Å²) in [5.41, 5.74) is 1.61. The molecule has 32 heavy (non-hydrogen) atoms. The zero-order chi connectivity index (χ0) is 23.7. The van der Waals surface area contributed by atoms with Crippen LogP contribution in [0.4, 0.5) is 4.39 Å². The van der Waals surface area contributed by atoms with Gasteiger partial charge in [0.25, 0.3) is 5.91 Å². The molecule has 5 nitrogen and oxygen atoms in total. The number of rotatable bonds is 10. The van der Waals surface area contributed by atoms with Gasteiger partial charge in [-0.3, -0.25) is 9.59 Å². The first kappa shape index (κ1) is 25.4. The molecule has 174 valence electrons. The van der Waals surface area contributed by atoms with Crippen LogP contribution in [0.25, 0.3) is 0 Å². The van der Waals surface area contributed by atoms with Crippen molar-refractivity contribution in [1.29, 1.82) is 0 Å². The van der Waals surface area contributed by atoms with Gasteiger partial charge in [0.05, 0.1) is 0 Å². The Hall–Kier alpha value is -2.89. The Morgan fingerprint density at radius 1 is 1.06 bits per heavy atom. The third-order valence-electron chi connectivity index (χ3n) is 5.25. The molecule has 2 aromatic carbocycles. The van der Waals surface area contributed by atoms with E-state index >= 15 is 0 Å². The predicted molar refractivity (Wildman–Crippen MR) is 125 cm³/mol. The number of benzene rings is 2. The zero-order valence-corrected chi connectivity index (χ0v) is 19.8. The van der Waals surface area contributed by atoms with Crippen LogP contribution in [0.3, 0.4) is 0 Å². The second kappa shape index (κ2) is 11.7. The molecule has 6 heteroatoms. The van der Waals surface area contributed by atoms with E-state index in [1.807, 2.05) is 38.1 Å². The van der Waals surface area contributed by atoms with Gasteiger partial charge in [-0.15, -0.1) is 0 Å². The number of amides is 2. The summed E-state index contributed by atoms with van der Waals surface area (Å²) in [6.45, 7) is 10.7. The van der Waals surface area contributed by atoms with Gasteiger partial charge >= 0.3 is 0 Å². The van der Waals surface area contributed by atoms with Crippen LogP contribution in [-0.4, -0.2) is 35.9 Å². The number of para-hydroxylation sites is 1. The first-order chi connectivity index (χ1) is 15.2. The van der Waals surface area contributed by atoms with Gasteiger partial charge in [0.1, 0.15) is 17.6 Å². The summed E-state index contributed by atoms with van der Waals surface area (Å²) in [5.74, 6) is -0.184. The smallest absolute Gasteiger partial charge is 0.261 e. The largest absolute Gasteiger partial charge is 0.483 e. The molecule has 0 saturated carbocycles. The molecule has 0 fully saturated rings. The van der Waals surface area contributed by atoms with E-state index in [0.717, 1.165) is 17.5 Å². The first-order valence-corrected chi connectivity index (χ1v) is 11.2. The van der Waals surface area contributed by atoms with Crippen LogP contribution >= 0.6 is 0 Å². The van der Waals surface area contributed by atoms with Gasteiger partial charge in [-0.25, -0.2) is 4.39 Å². The molecule has 0 aromatic heterocycles. The molecule has 0 spiro atoms. The molecule has 0 aliphatic carbocycles. The van der Waals surface area contributed by atoms with Crippen molar-refractivity contribution in [2.75, 3.05) is 13.2 Å². The summed E-state index contributed by atoms with van der Waals surface area (Å²) in [5, 5.41) is 2.88. The van der Waals surface area contributed by atoms with E-state index in [2.05, 4.69) is 26.1 Å². The first-order valence-electron chi connectivity index (χ1n) is 11.2. The second-order valence-corrected chi connectivity index (χ2v) is 8.90. The highest BCUT2D eigenvalue weighted by Gasteiger charge is 2.29. The molecular formula is C26H35FN2O3. The van der Waals surface area contributed by atoms with E-state index in [1.165, 1.54) is 17.0 Å². The number of hydrogen-bond donors (Lipinski definition) is 1. The summed E-state index contributed by atoms with van der Waals surface area (Å²) in [6.07, 6.45) is 1.27. The predicted octanol–water partition coefficient (Wildman–Crippen LogP) is 4.84. The number of halogens is 1. The Labute approximate surface area is 191 Å². The van der Waals surface area contributed by atoms with Crippen molar-refractivity contribution < 1.29 is 18.7 Å². The number of ether oxygens (including phenoxy) is 1. The lowest BCUT2D eigenvalue weighted by Crippen LogP contribution is -2.50. The summed E-state index contributed by atoms with van der Waals surface area (Å²) >= 11 is 0. The second-order valence-electron chi connectivity index (χ2n) is 8.90. The lowest BCUT2D eigenvalue weighted by atomic mass is 9.86. The molecule has 1 atom stereocenters. The van der Waals surface area contributed by atoms with Gasteiger partial charge in [0.2, 0.25) is 5.91 Å². The molecule has 2 amide bonds. The normalized spacial score (nSPS) is 12.2. The maximum absolute atomic E-state index is 13.4. The molecule has 0 bridgehead atoms. The average molecular weight is 443 g/mol. The van der Waals surface area contributed by atoms with Crippen molar-refractivity contribution in [3.05, 3.63) is 65.5 Å². The van der Waals surface area contributed by atoms with Gasteiger partial charge in [-0.05, 0) is 47.6 Å². The third kappa shape index (κ3) is 7.08. The fourth-order valence-corrected chi connectivity index (χ4v) is 3.51. The fourth-order valence-electron chi connectivity index (χ4n) is 3.51. The molecule has 2 aromatic rings. The summed E-state index contributed by atoms with van der Waals surface area (Å²) in [4.78, 5) is 27.6. The van der Waals surface area contributed by atoms with Crippen molar-refractivity contribution in [2.24, 2.45) is 0 Å². The molecule has 0 radical (unpaired) electrons. The quantitative estimate of drug-likeness (QED) is 0.573. The summed E-state index contributed by atoms with van der Waals surface area (Å²) in [6, 6.07) is 13.0. The number of carbonyl (C=O) groups excluding carboxylic acids is 2. The van der Waals surface area contributed by atoms with Crippen LogP contribution in [0, 0.1) is 5.82 Å². The lowest BCUT2D eigenvalue weighted by Gasteiger charge is -2.31. The molecule has 1 N–H and O–H groups in total. The topological polar surface area (TPSA) is 58.6 Å². The molecular weight excluding hydrogens is 407 g/mol. The minimum Gasteiger partial charge on any atom is -0.483 e. The van der Waals surface area contributed by atoms with E-state index in [0.29, 0.717) is 18.7 Å². The lowest BCUT2D eigenvalue weighted by molar-refractivity contribution is -0.143. The molecule has 0 aliphatic rings. The van der Waals surface area contributed by atoms with Crippen molar-refractivity contribution in [1.82, 2.24) is 10.2 Å². The fraction of sp³-hybridized carbons (Fsp3) is 0.462. The molecule has 2 rings (SSSR count). The Morgan fingerprint density at radius 3 is 2.31 bits per heavy atom. The monoisotopic (exact) mass is 442 g/mol. The van der Waals surface area contributed by atoms with Gasteiger partial charge in [-0.2, -0.15) is 0 Å². The molecule has 0 unspecified atom stereocenters. The highest BCUT2D eigenvalue weighted by molar-refractivity contribution is 5.88. The van der Waals surface area contributed by atoms with Crippen LogP contribution in [0.15, 0.2) is 48.5 Å². The molecule has 0 saturated heterocycles. The zero-order valence-electron chi connectivity index (χ0n) is 19.8. The van der Waals surface area contributed by atoms with E-state index < -0.39 is 6.04 Å². The van der Waals surface area contributed by atoms with Crippen LogP contribution in [-0.2, 0) is 21.5 Å². The highest BCUT2D eigenvalue weighted by Crippen LogP contribution is 2.31. The third-order valence-corrected chi connectivity index (χ3v) is 5.25. The minimum atomic E-state index is -0.638. The van der Waals surface area contributed by atoms with Gasteiger partial charge in [0, 0.05) is 13.1 Å². The molecule has 0 heterocycles. The highest BCUT2D eigenvalue weighted by atomic mass is 19.1. The summed E-state index contributed by atoms with van der Waals surface area (Å²) < 4.78 is 19.3. The van der Waals surface area contributed by atoms with Gasteiger partial charge < -0.3 is 15.0 Å². The summed E-state index contributed by atoms with van der Waals surface area (Å²) in [7, 11) is 0. The number of carbonyl (C=O) groups is 2. The standard InChI is InChI=1S/C26H35FN2O3/c1-6-16-28-25(31)22(7-2)29(17-19-12-14-20(27)15-13-19)24(30)18-32-23-11-9-8-10-21(23)26(3,4)5/h8-15,22H,6-7,16-18H2,1-5H3,(H,28,31)/t22-/m0/s1. The SMILES string of the molecule is CCCNC(=O)[C@H](CC)N(Cc1ccc(F)cc1)C(=O)COc1ccccc1C(C)(C)C. The van der Waals surface area contributed by atoms with E-state index in [1.54, 1.807) is 12.1 Å².